The zero-order valence-electron chi connectivity index (χ0n) is 9.88. The summed E-state index contributed by atoms with van der Waals surface area (Å²) in [6, 6.07) is 13.1. The Hall–Kier alpha value is -2.27. The number of carbonyl (C=O) groups excluding carboxylic acids is 1. The molecule has 0 unspecified atom stereocenters. The molecule has 19 heavy (non-hydrogen) atoms. The number of hydrogen-bond donors (Lipinski definition) is 2. The Morgan fingerprint density at radius 3 is 2.89 bits per heavy atom. The molecule has 1 radical (unpaired) electrons. The van der Waals surface area contributed by atoms with Gasteiger partial charge in [-0.2, -0.15) is 0 Å². The second kappa shape index (κ2) is 5.16. The minimum Gasteiger partial charge on any atom is -0.320 e. The quantitative estimate of drug-likeness (QED) is 0.821. The highest BCUT2D eigenvalue weighted by molar-refractivity contribution is 7.97. The van der Waals surface area contributed by atoms with Crippen molar-refractivity contribution in [3.05, 3.63) is 66.0 Å². The van der Waals surface area contributed by atoms with Crippen LogP contribution in [0.2, 0.25) is 0 Å². The molecule has 0 bridgehead atoms. The molecule has 1 amide bonds. The van der Waals surface area contributed by atoms with Crippen molar-refractivity contribution in [1.82, 2.24) is 9.71 Å². The Morgan fingerprint density at radius 1 is 1.21 bits per heavy atom. The van der Waals surface area contributed by atoms with Crippen molar-refractivity contribution in [3.63, 3.8) is 0 Å². The second-order valence-electron chi connectivity index (χ2n) is 3.87. The van der Waals surface area contributed by atoms with Gasteiger partial charge in [-0.3, -0.25) is 4.79 Å². The number of anilines is 1. The third kappa shape index (κ3) is 2.61. The molecule has 0 atom stereocenters. The van der Waals surface area contributed by atoms with Crippen molar-refractivity contribution in [1.29, 1.82) is 0 Å². The summed E-state index contributed by atoms with van der Waals surface area (Å²) < 4.78 is 2.98. The molecule has 0 saturated heterocycles. The molecule has 4 nitrogen and oxygen atoms in total. The second-order valence-corrected chi connectivity index (χ2v) is 4.72. The molecular weight excluding hydrogens is 258 g/mol. The lowest BCUT2D eigenvalue weighted by atomic mass is 10.2. The highest BCUT2D eigenvalue weighted by atomic mass is 32.2. The van der Waals surface area contributed by atoms with Gasteiger partial charge >= 0.3 is 0 Å². The first-order chi connectivity index (χ1) is 9.33. The lowest BCUT2D eigenvalue weighted by Gasteiger charge is -2.16. The molecule has 1 aliphatic rings. The van der Waals surface area contributed by atoms with Crippen molar-refractivity contribution >= 4 is 23.7 Å². The minimum absolute atomic E-state index is 0.249. The van der Waals surface area contributed by atoms with Gasteiger partial charge in [0, 0.05) is 22.7 Å². The molecule has 1 aliphatic heterocycles. The molecule has 0 aliphatic carbocycles. The molecule has 1 aromatic heterocycles. The normalized spacial score (nSPS) is 12.9. The maximum absolute atomic E-state index is 12.1. The van der Waals surface area contributed by atoms with Gasteiger partial charge in [0.25, 0.3) is 5.91 Å². The van der Waals surface area contributed by atoms with Crippen LogP contribution in [0.5, 0.6) is 0 Å². The minimum atomic E-state index is -0.249. The van der Waals surface area contributed by atoms with E-state index in [0.29, 0.717) is 11.5 Å². The van der Waals surface area contributed by atoms with Crippen LogP contribution in [0.15, 0.2) is 59.3 Å². The SMILES string of the molecule is O=C(Nc1ccccn1)C1=[C]c2ccccc2SN1. The summed E-state index contributed by atoms with van der Waals surface area (Å²) in [5, 5.41) is 2.72. The van der Waals surface area contributed by atoms with Crippen molar-refractivity contribution in [2.75, 3.05) is 5.32 Å². The Balaban J connectivity index is 1.80. The molecule has 5 heteroatoms. The first kappa shape index (κ1) is 11.8. The fourth-order valence-electron chi connectivity index (χ4n) is 1.64. The van der Waals surface area contributed by atoms with E-state index in [1.807, 2.05) is 30.3 Å². The van der Waals surface area contributed by atoms with Crippen LogP contribution in [0, 0.1) is 6.08 Å². The monoisotopic (exact) mass is 268 g/mol. The lowest BCUT2D eigenvalue weighted by molar-refractivity contribution is -0.113. The van der Waals surface area contributed by atoms with Crippen LogP contribution in [-0.2, 0) is 4.79 Å². The average Bonchev–Trinajstić information content (AvgIpc) is 2.48. The van der Waals surface area contributed by atoms with E-state index in [0.717, 1.165) is 10.5 Å². The zero-order valence-corrected chi connectivity index (χ0v) is 10.7. The third-order valence-electron chi connectivity index (χ3n) is 2.54. The largest absolute Gasteiger partial charge is 0.320 e. The van der Waals surface area contributed by atoms with Gasteiger partial charge in [0.2, 0.25) is 0 Å². The smallest absolute Gasteiger partial charge is 0.274 e. The molecule has 0 spiro atoms. The fraction of sp³-hybridized carbons (Fsp3) is 0. The van der Waals surface area contributed by atoms with E-state index >= 15 is 0 Å². The average molecular weight is 268 g/mol. The summed E-state index contributed by atoms with van der Waals surface area (Å²) in [6.45, 7) is 0. The number of nitrogens with zero attached hydrogens (tertiary/aromatic N) is 1. The van der Waals surface area contributed by atoms with Crippen molar-refractivity contribution in [2.24, 2.45) is 0 Å². The van der Waals surface area contributed by atoms with Crippen LogP contribution in [0.25, 0.3) is 0 Å². The molecule has 0 fully saturated rings. The van der Waals surface area contributed by atoms with E-state index in [1.54, 1.807) is 18.3 Å². The Labute approximate surface area is 115 Å². The molecule has 3 rings (SSSR count). The summed E-state index contributed by atoms with van der Waals surface area (Å²) in [7, 11) is 0. The number of rotatable bonds is 2. The van der Waals surface area contributed by atoms with Gasteiger partial charge < -0.3 is 10.0 Å². The topological polar surface area (TPSA) is 54.0 Å². The third-order valence-corrected chi connectivity index (χ3v) is 3.43. The molecule has 2 heterocycles. The summed E-state index contributed by atoms with van der Waals surface area (Å²) >= 11 is 1.40. The molecule has 1 aromatic carbocycles. The van der Waals surface area contributed by atoms with E-state index < -0.39 is 0 Å². The maximum atomic E-state index is 12.1. The van der Waals surface area contributed by atoms with Gasteiger partial charge in [0.15, 0.2) is 0 Å². The van der Waals surface area contributed by atoms with E-state index in [1.165, 1.54) is 11.9 Å². The first-order valence-electron chi connectivity index (χ1n) is 5.71. The molecule has 2 N–H and O–H groups in total. The molecule has 0 saturated carbocycles. The summed E-state index contributed by atoms with van der Waals surface area (Å²) in [5.41, 5.74) is 1.31. The van der Waals surface area contributed by atoms with Crippen LogP contribution >= 0.6 is 11.9 Å². The number of carbonyl (C=O) groups is 1. The Bertz CT molecular complexity index is 640. The first-order valence-corrected chi connectivity index (χ1v) is 6.53. The van der Waals surface area contributed by atoms with Crippen molar-refractivity contribution in [3.8, 4) is 0 Å². The van der Waals surface area contributed by atoms with Crippen LogP contribution in [0.1, 0.15) is 5.56 Å². The van der Waals surface area contributed by atoms with Crippen LogP contribution in [-0.4, -0.2) is 10.9 Å². The van der Waals surface area contributed by atoms with E-state index in [9.17, 15) is 4.79 Å². The van der Waals surface area contributed by atoms with Crippen LogP contribution in [0.3, 0.4) is 0 Å². The van der Waals surface area contributed by atoms with Gasteiger partial charge in [0.05, 0.1) is 0 Å². The highest BCUT2D eigenvalue weighted by Crippen LogP contribution is 2.26. The standard InChI is InChI=1S/C14H10N3OS/c18-14(16-13-7-3-4-8-15-13)11-9-10-5-1-2-6-12(10)19-17-11/h1-8,17H,(H,15,16,18). The van der Waals surface area contributed by atoms with Crippen molar-refractivity contribution in [2.45, 2.75) is 4.90 Å². The Morgan fingerprint density at radius 2 is 2.05 bits per heavy atom. The maximum Gasteiger partial charge on any atom is 0.274 e. The predicted octanol–water partition coefficient (Wildman–Crippen LogP) is 2.37. The number of amides is 1. The van der Waals surface area contributed by atoms with E-state index in [-0.39, 0.29) is 5.91 Å². The fourth-order valence-corrected chi connectivity index (χ4v) is 2.38. The number of hydrogen-bond acceptors (Lipinski definition) is 4. The predicted molar refractivity (Wildman–Crippen MR) is 74.2 cm³/mol. The number of benzene rings is 1. The highest BCUT2D eigenvalue weighted by Gasteiger charge is 2.16. The number of fused-ring (bicyclic) bond motifs is 1. The number of pyridine rings is 1. The van der Waals surface area contributed by atoms with Gasteiger partial charge in [-0.15, -0.1) is 0 Å². The number of nitrogens with one attached hydrogen (secondary N) is 2. The molecule has 2 aromatic rings. The Kier molecular flexibility index (Phi) is 3.20. The van der Waals surface area contributed by atoms with Gasteiger partial charge in [0.1, 0.15) is 11.5 Å². The van der Waals surface area contributed by atoms with Crippen LogP contribution < -0.4 is 10.0 Å². The van der Waals surface area contributed by atoms with Gasteiger partial charge in [-0.05, 0) is 30.1 Å². The molecular formula is C14H10N3OS. The summed E-state index contributed by atoms with van der Waals surface area (Å²) in [5.74, 6) is 0.271. The van der Waals surface area contributed by atoms with E-state index in [4.69, 9.17) is 0 Å². The van der Waals surface area contributed by atoms with Crippen molar-refractivity contribution < 1.29 is 4.79 Å². The van der Waals surface area contributed by atoms with Gasteiger partial charge in [-0.1, -0.05) is 24.3 Å². The van der Waals surface area contributed by atoms with E-state index in [2.05, 4.69) is 21.1 Å². The molecule has 93 valence electrons. The summed E-state index contributed by atoms with van der Waals surface area (Å²) in [4.78, 5) is 17.2. The zero-order chi connectivity index (χ0) is 13.1. The van der Waals surface area contributed by atoms with Crippen LogP contribution in [0.4, 0.5) is 5.82 Å². The van der Waals surface area contributed by atoms with Gasteiger partial charge in [-0.25, -0.2) is 4.98 Å². The summed E-state index contributed by atoms with van der Waals surface area (Å²) in [6.07, 6.45) is 4.69. The number of aromatic nitrogens is 1. The lowest BCUT2D eigenvalue weighted by Crippen LogP contribution is -2.24.